The number of nitrogens with zero attached hydrogens (tertiary/aromatic N) is 3. The molecular weight excluding hydrogens is 424 g/mol. The molecule has 10 nitrogen and oxygen atoms in total. The maximum atomic E-state index is 13.0. The monoisotopic (exact) mass is 452 g/mol. The van der Waals surface area contributed by atoms with Crippen molar-refractivity contribution in [2.75, 3.05) is 56.2 Å². The van der Waals surface area contributed by atoms with Crippen LogP contribution in [-0.4, -0.2) is 69.8 Å². The molecule has 1 aromatic heterocycles. The van der Waals surface area contributed by atoms with E-state index in [0.29, 0.717) is 50.8 Å². The van der Waals surface area contributed by atoms with Gasteiger partial charge in [-0.15, -0.1) is 0 Å². The number of sulfonamides is 1. The van der Waals surface area contributed by atoms with Gasteiger partial charge in [0.25, 0.3) is 11.8 Å². The van der Waals surface area contributed by atoms with Crippen molar-refractivity contribution < 1.29 is 27.2 Å². The lowest BCUT2D eigenvalue weighted by Gasteiger charge is -2.31. The molecule has 31 heavy (non-hydrogen) atoms. The number of carbonyl (C=O) groups excluding carboxylic acids is 1. The van der Waals surface area contributed by atoms with Crippen molar-refractivity contribution in [1.29, 1.82) is 0 Å². The highest BCUT2D eigenvalue weighted by Gasteiger charge is 2.25. The van der Waals surface area contributed by atoms with Crippen LogP contribution in [0.15, 0.2) is 33.7 Å². The predicted octanol–water partition coefficient (Wildman–Crippen LogP) is 1.87. The Hall–Kier alpha value is -2.63. The largest absolute Gasteiger partial charge is 0.465 e. The van der Waals surface area contributed by atoms with E-state index in [0.717, 1.165) is 5.69 Å². The molecule has 0 spiro atoms. The van der Waals surface area contributed by atoms with Gasteiger partial charge in [0, 0.05) is 32.2 Å². The molecular formula is C20H28N4O6S. The molecule has 1 aliphatic rings. The number of aromatic nitrogens is 1. The summed E-state index contributed by atoms with van der Waals surface area (Å²) in [5.41, 5.74) is 1.13. The summed E-state index contributed by atoms with van der Waals surface area (Å²) in [7, 11) is -3.67. The minimum absolute atomic E-state index is 0.122. The van der Waals surface area contributed by atoms with Crippen LogP contribution in [0.1, 0.15) is 19.6 Å². The number of hydrogen-bond acceptors (Lipinski definition) is 8. The maximum Gasteiger partial charge on any atom is 0.262 e. The Labute approximate surface area is 182 Å². The van der Waals surface area contributed by atoms with Crippen LogP contribution in [-0.2, 0) is 19.6 Å². The highest BCUT2D eigenvalue weighted by molar-refractivity contribution is 7.89. The molecule has 0 saturated carbocycles. The minimum Gasteiger partial charge on any atom is -0.465 e. The maximum absolute atomic E-state index is 13.0. The first-order chi connectivity index (χ1) is 14.8. The third-order valence-electron chi connectivity index (χ3n) is 4.89. The highest BCUT2D eigenvalue weighted by atomic mass is 32.2. The van der Waals surface area contributed by atoms with Gasteiger partial charge in [-0.25, -0.2) is 8.42 Å². The van der Waals surface area contributed by atoms with Crippen LogP contribution in [0.25, 0.3) is 0 Å². The number of ether oxygens (including phenoxy) is 2. The number of nitrogens with one attached hydrogen (secondary N) is 1. The average Bonchev–Trinajstić information content (AvgIpc) is 3.18. The summed E-state index contributed by atoms with van der Waals surface area (Å²) in [6.07, 6.45) is 0. The van der Waals surface area contributed by atoms with E-state index in [1.54, 1.807) is 39.0 Å². The number of aryl methyl sites for hydroxylation is 1. The van der Waals surface area contributed by atoms with Gasteiger partial charge in [-0.3, -0.25) is 4.79 Å². The second-order valence-corrected chi connectivity index (χ2v) is 8.92. The predicted molar refractivity (Wildman–Crippen MR) is 115 cm³/mol. The third-order valence-corrected chi connectivity index (χ3v) is 6.94. The van der Waals surface area contributed by atoms with Crippen LogP contribution < -0.4 is 15.0 Å². The third kappa shape index (κ3) is 5.54. The number of carbonyl (C=O) groups is 1. The van der Waals surface area contributed by atoms with Crippen molar-refractivity contribution in [3.8, 4) is 5.88 Å². The van der Waals surface area contributed by atoms with E-state index >= 15 is 0 Å². The SMILES string of the molecule is CCN(CC)S(=O)(=O)c1ccc(N2CCOCC2)c(NC(=O)COc2cc(C)on2)c1. The molecule has 11 heteroatoms. The van der Waals surface area contributed by atoms with Crippen molar-refractivity contribution in [2.45, 2.75) is 25.7 Å². The van der Waals surface area contributed by atoms with Gasteiger partial charge in [-0.1, -0.05) is 13.8 Å². The van der Waals surface area contributed by atoms with Crippen LogP contribution in [0.5, 0.6) is 5.88 Å². The first-order valence-electron chi connectivity index (χ1n) is 10.2. The second kappa shape index (κ2) is 10.1. The molecule has 0 unspecified atom stereocenters. The normalized spacial score (nSPS) is 14.6. The highest BCUT2D eigenvalue weighted by Crippen LogP contribution is 2.31. The zero-order chi connectivity index (χ0) is 22.4. The van der Waals surface area contributed by atoms with Gasteiger partial charge in [-0.05, 0) is 30.3 Å². The van der Waals surface area contributed by atoms with Crippen molar-refractivity contribution in [3.05, 3.63) is 30.0 Å². The van der Waals surface area contributed by atoms with E-state index in [-0.39, 0.29) is 17.4 Å². The van der Waals surface area contributed by atoms with Gasteiger partial charge in [0.05, 0.1) is 29.5 Å². The molecule has 1 N–H and O–H groups in total. The number of morpholine rings is 1. The van der Waals surface area contributed by atoms with E-state index in [1.807, 2.05) is 0 Å². The van der Waals surface area contributed by atoms with Crippen molar-refractivity contribution >= 4 is 27.3 Å². The zero-order valence-corrected chi connectivity index (χ0v) is 18.8. The topological polar surface area (TPSA) is 114 Å². The van der Waals surface area contributed by atoms with Crippen LogP contribution in [0.3, 0.4) is 0 Å². The summed E-state index contributed by atoms with van der Waals surface area (Å²) in [6.45, 7) is 8.11. The molecule has 3 rings (SSSR count). The lowest BCUT2D eigenvalue weighted by Crippen LogP contribution is -2.37. The van der Waals surface area contributed by atoms with E-state index in [4.69, 9.17) is 14.0 Å². The summed E-state index contributed by atoms with van der Waals surface area (Å²) in [4.78, 5) is 14.7. The van der Waals surface area contributed by atoms with Gasteiger partial charge in [0.1, 0.15) is 5.76 Å². The molecule has 0 atom stereocenters. The summed E-state index contributed by atoms with van der Waals surface area (Å²) < 4.78 is 43.0. The van der Waals surface area contributed by atoms with Crippen molar-refractivity contribution in [2.24, 2.45) is 0 Å². The first kappa shape index (κ1) is 23.0. The number of anilines is 2. The molecule has 0 radical (unpaired) electrons. The lowest BCUT2D eigenvalue weighted by molar-refractivity contribution is -0.118. The van der Waals surface area contributed by atoms with Crippen LogP contribution in [0.4, 0.5) is 11.4 Å². The van der Waals surface area contributed by atoms with Gasteiger partial charge >= 0.3 is 0 Å². The van der Waals surface area contributed by atoms with Crippen LogP contribution in [0.2, 0.25) is 0 Å². The minimum atomic E-state index is -3.67. The van der Waals surface area contributed by atoms with Gasteiger partial charge < -0.3 is 24.2 Å². The fourth-order valence-electron chi connectivity index (χ4n) is 3.31. The first-order valence-corrected chi connectivity index (χ1v) is 11.6. The van der Waals surface area contributed by atoms with Crippen LogP contribution in [0, 0.1) is 6.92 Å². The molecule has 1 aromatic carbocycles. The lowest BCUT2D eigenvalue weighted by atomic mass is 10.2. The summed E-state index contributed by atoms with van der Waals surface area (Å²) in [5, 5.41) is 6.47. The van der Waals surface area contributed by atoms with E-state index in [1.165, 1.54) is 10.4 Å². The Balaban J connectivity index is 1.85. The molecule has 2 aromatic rings. The molecule has 1 saturated heterocycles. The molecule has 2 heterocycles. The summed E-state index contributed by atoms with van der Waals surface area (Å²) in [5.74, 6) is 0.339. The molecule has 1 fully saturated rings. The van der Waals surface area contributed by atoms with E-state index in [9.17, 15) is 13.2 Å². The van der Waals surface area contributed by atoms with E-state index in [2.05, 4.69) is 15.4 Å². The fourth-order valence-corrected chi connectivity index (χ4v) is 4.79. The number of rotatable bonds is 9. The Bertz CT molecular complexity index is 997. The molecule has 170 valence electrons. The summed E-state index contributed by atoms with van der Waals surface area (Å²) >= 11 is 0. The molecule has 0 aliphatic carbocycles. The standard InChI is InChI=1S/C20H28N4O6S/c1-4-24(5-2)31(26,27)16-6-7-18(23-8-10-28-11-9-23)17(13-16)21-19(25)14-29-20-12-15(3)30-22-20/h6-7,12-13H,4-5,8-11,14H2,1-3H3,(H,21,25). The van der Waals surface area contributed by atoms with Gasteiger partial charge in [-0.2, -0.15) is 4.31 Å². The van der Waals surface area contributed by atoms with Crippen molar-refractivity contribution in [3.63, 3.8) is 0 Å². The Kier molecular flexibility index (Phi) is 7.52. The van der Waals surface area contributed by atoms with E-state index < -0.39 is 15.9 Å². The fraction of sp³-hybridized carbons (Fsp3) is 0.500. The smallest absolute Gasteiger partial charge is 0.262 e. The van der Waals surface area contributed by atoms with Crippen molar-refractivity contribution in [1.82, 2.24) is 9.46 Å². The number of hydrogen-bond donors (Lipinski definition) is 1. The Morgan fingerprint density at radius 3 is 2.55 bits per heavy atom. The number of benzene rings is 1. The Morgan fingerprint density at radius 1 is 1.23 bits per heavy atom. The van der Waals surface area contributed by atoms with Crippen LogP contribution >= 0.6 is 0 Å². The quantitative estimate of drug-likeness (QED) is 0.613. The molecule has 1 amide bonds. The molecule has 1 aliphatic heterocycles. The second-order valence-electron chi connectivity index (χ2n) is 6.98. The average molecular weight is 453 g/mol. The van der Waals surface area contributed by atoms with Gasteiger partial charge in [0.2, 0.25) is 10.0 Å². The molecule has 0 bridgehead atoms. The Morgan fingerprint density at radius 2 is 1.94 bits per heavy atom. The number of amides is 1. The summed E-state index contributed by atoms with van der Waals surface area (Å²) in [6, 6.07) is 6.36. The van der Waals surface area contributed by atoms with Gasteiger partial charge in [0.15, 0.2) is 6.61 Å². The zero-order valence-electron chi connectivity index (χ0n) is 18.0.